The Morgan fingerprint density at radius 1 is 0.654 bits per heavy atom. The molecular formula is C66H68N8O7. The van der Waals surface area contributed by atoms with Gasteiger partial charge in [-0.3, -0.25) is 9.59 Å². The Morgan fingerprint density at radius 2 is 1.21 bits per heavy atom. The summed E-state index contributed by atoms with van der Waals surface area (Å²) in [7, 11) is 1.41. The van der Waals surface area contributed by atoms with E-state index in [-0.39, 0.29) is 79.8 Å². The summed E-state index contributed by atoms with van der Waals surface area (Å²) in [5.41, 5.74) is 25.2. The lowest BCUT2D eigenvalue weighted by atomic mass is 9.84. The fourth-order valence-electron chi connectivity index (χ4n) is 14.1. The van der Waals surface area contributed by atoms with Gasteiger partial charge in [-0.1, -0.05) is 27.7 Å². The third-order valence-corrected chi connectivity index (χ3v) is 19.1. The van der Waals surface area contributed by atoms with Gasteiger partial charge in [0, 0.05) is 99.2 Å². The summed E-state index contributed by atoms with van der Waals surface area (Å²) in [6.45, 7) is 21.2. The topological polar surface area (TPSA) is 201 Å². The van der Waals surface area contributed by atoms with Crippen LogP contribution in [0.4, 0.5) is 0 Å². The van der Waals surface area contributed by atoms with Crippen LogP contribution in [-0.2, 0) is 23.8 Å². The molecule has 0 aromatic heterocycles. The van der Waals surface area contributed by atoms with E-state index in [4.69, 9.17) is 44.2 Å². The van der Waals surface area contributed by atoms with Crippen LogP contribution in [0.2, 0.25) is 0 Å². The van der Waals surface area contributed by atoms with Crippen LogP contribution in [0.5, 0.6) is 0 Å². The number of aliphatic imine (C=N–C) groups is 6. The van der Waals surface area contributed by atoms with E-state index in [1.165, 1.54) is 7.11 Å². The summed E-state index contributed by atoms with van der Waals surface area (Å²) in [4.78, 5) is 59.3. The highest BCUT2D eigenvalue weighted by molar-refractivity contribution is 6.23. The monoisotopic (exact) mass is 1080 g/mol. The summed E-state index contributed by atoms with van der Waals surface area (Å²) in [5, 5.41) is 32.3. The van der Waals surface area contributed by atoms with E-state index in [2.05, 4.69) is 77.3 Å². The van der Waals surface area contributed by atoms with Gasteiger partial charge in [-0.2, -0.15) is 0 Å². The van der Waals surface area contributed by atoms with Crippen molar-refractivity contribution in [1.29, 1.82) is 0 Å². The molecule has 15 nitrogen and oxygen atoms in total. The summed E-state index contributed by atoms with van der Waals surface area (Å²) >= 11 is 0. The molecule has 0 aromatic carbocycles. The standard InChI is InChI=1S/C66H68N8O7/c1-12-36-28(3)46-21-54-41-25-80-26-43-61-63-39(14-16-57(76)79-11)31(6)49(72-63)20-45-33(8)42(55(70-45)22-47-29(4)37(13-2)53(68-47)24-51-35(10)60(66(43)78)65(61)74-51)27-81-58(77)17-15-38-30(5)48(19-44(69-54)32(41)7)71-62(38)40-18-56(75)59-34(9)50(73-64(40)59)23-52(36)67-46/h19-24,30-31,38-39,43,71-72,75,78H,12-18,25-27H2,1-11H3/t30-,31-,38-,39-,43?/m0/s1. The number of ether oxygens (including phenoxy) is 3. The Kier molecular flexibility index (Phi) is 12.7. The largest absolute Gasteiger partial charge is 0.511 e. The normalized spacial score (nSPS) is 27.8. The number of aliphatic hydroxyl groups excluding tert-OH is 2. The second-order valence-corrected chi connectivity index (χ2v) is 23.3. The summed E-state index contributed by atoms with van der Waals surface area (Å²) in [5.74, 6) is -1.41. The number of allylic oxidation sites excluding steroid dienone is 21. The van der Waals surface area contributed by atoms with Crippen LogP contribution in [0.3, 0.4) is 0 Å². The van der Waals surface area contributed by atoms with Gasteiger partial charge >= 0.3 is 11.9 Å². The quantitative estimate of drug-likeness (QED) is 0.193. The average Bonchev–Trinajstić information content (AvgIpc) is 3.71. The zero-order valence-corrected chi connectivity index (χ0v) is 48.0. The number of aliphatic hydroxyl groups is 2. The number of rotatable bonds is 5. The molecule has 0 saturated carbocycles. The highest BCUT2D eigenvalue weighted by Gasteiger charge is 2.47. The molecule has 0 aromatic rings. The number of fused-ring (bicyclic) bond motifs is 11. The molecule has 13 aliphatic rings. The summed E-state index contributed by atoms with van der Waals surface area (Å²) < 4.78 is 18.5. The number of carbonyl (C=O) groups is 2. The van der Waals surface area contributed by atoms with Crippen molar-refractivity contribution >= 4 is 46.2 Å². The Morgan fingerprint density at radius 3 is 1.83 bits per heavy atom. The van der Waals surface area contributed by atoms with Crippen LogP contribution >= 0.6 is 0 Å². The van der Waals surface area contributed by atoms with Gasteiger partial charge < -0.3 is 35.1 Å². The maximum atomic E-state index is 14.4. The summed E-state index contributed by atoms with van der Waals surface area (Å²) in [6, 6.07) is 0. The molecule has 4 N–H and O–H groups in total. The molecule has 1 unspecified atom stereocenters. The SMILES string of the molecule is CCC1=C(C)C2=NC1=CC1=C(C)C3=C(O)CC(=C4NC5=CC6=NC(=C2)C(=C6C)COCC2C(O)=C6C7=NC(=C6C)C=C6N=C(C=C8N=C(C=C9NC(=C72)[C@@H](CCC(=O)OC)[C@@H]9C)C(C)=C8COC(=O)CC[C@H]4[C@@H]5C)C(C)=C6CC)C3=N1. The number of cyclic esters (lactones) is 1. The van der Waals surface area contributed by atoms with Gasteiger partial charge in [-0.05, 0) is 148 Å². The number of nitrogens with zero attached hydrogens (tertiary/aromatic N) is 6. The highest BCUT2D eigenvalue weighted by Crippen LogP contribution is 2.51. The van der Waals surface area contributed by atoms with Crippen LogP contribution in [-0.4, -0.2) is 83.4 Å². The first-order valence-corrected chi connectivity index (χ1v) is 28.7. The first kappa shape index (κ1) is 52.3. The molecule has 2 aliphatic carbocycles. The molecule has 5 atom stereocenters. The molecule has 2 fully saturated rings. The minimum absolute atomic E-state index is 0.00691. The lowest BCUT2D eigenvalue weighted by Gasteiger charge is -2.21. The third kappa shape index (κ3) is 8.22. The van der Waals surface area contributed by atoms with E-state index < -0.39 is 5.92 Å². The van der Waals surface area contributed by atoms with Crippen LogP contribution in [0.15, 0.2) is 213 Å². The molecule has 414 valence electrons. The van der Waals surface area contributed by atoms with Gasteiger partial charge in [0.1, 0.15) is 18.1 Å². The minimum atomic E-state index is -0.628. The number of carbonyl (C=O) groups excluding carboxylic acids is 2. The second kappa shape index (κ2) is 19.6. The van der Waals surface area contributed by atoms with Crippen molar-refractivity contribution in [3.8, 4) is 0 Å². The van der Waals surface area contributed by atoms with Crippen molar-refractivity contribution in [2.75, 3.05) is 26.9 Å². The maximum absolute atomic E-state index is 14.4. The predicted octanol–water partition coefficient (Wildman–Crippen LogP) is 11.9. The van der Waals surface area contributed by atoms with E-state index in [0.717, 1.165) is 154 Å². The fraction of sp³-hybridized carbons (Fsp3) is 0.394. The highest BCUT2D eigenvalue weighted by atomic mass is 16.5. The number of hydrogen-bond donors (Lipinski definition) is 4. The van der Waals surface area contributed by atoms with Gasteiger partial charge in [0.15, 0.2) is 0 Å². The second-order valence-electron chi connectivity index (χ2n) is 23.3. The zero-order valence-electron chi connectivity index (χ0n) is 48.0. The first-order chi connectivity index (χ1) is 39.0. The molecule has 13 rings (SSSR count). The van der Waals surface area contributed by atoms with Crippen LogP contribution in [0.1, 0.15) is 114 Å². The van der Waals surface area contributed by atoms with Crippen molar-refractivity contribution in [3.63, 3.8) is 0 Å². The molecule has 20 bridgehead atoms. The number of nitrogens with one attached hydrogen (secondary N) is 2. The number of esters is 2. The van der Waals surface area contributed by atoms with Gasteiger partial charge in [0.05, 0.1) is 94.7 Å². The minimum Gasteiger partial charge on any atom is -0.511 e. The molecule has 81 heavy (non-hydrogen) atoms. The van der Waals surface area contributed by atoms with Gasteiger partial charge in [-0.15, -0.1) is 0 Å². The molecule has 2 saturated heterocycles. The Hall–Kier alpha value is -8.04. The van der Waals surface area contributed by atoms with E-state index in [9.17, 15) is 19.8 Å². The van der Waals surface area contributed by atoms with Crippen LogP contribution in [0, 0.1) is 29.6 Å². The Balaban J connectivity index is 1.01. The van der Waals surface area contributed by atoms with Gasteiger partial charge in [0.25, 0.3) is 0 Å². The lowest BCUT2D eigenvalue weighted by Crippen LogP contribution is -2.22. The molecule has 0 radical (unpaired) electrons. The van der Waals surface area contributed by atoms with E-state index in [0.29, 0.717) is 47.7 Å². The van der Waals surface area contributed by atoms with E-state index in [1.54, 1.807) is 0 Å². The van der Waals surface area contributed by atoms with Crippen molar-refractivity contribution in [1.82, 2.24) is 10.6 Å². The Bertz CT molecular complexity index is 3860. The fourth-order valence-corrected chi connectivity index (χ4v) is 14.1. The Labute approximate surface area is 472 Å². The molecule has 0 spiro atoms. The number of methoxy groups -OCH3 is 1. The van der Waals surface area contributed by atoms with E-state index >= 15 is 0 Å². The smallest absolute Gasteiger partial charge is 0.306 e. The van der Waals surface area contributed by atoms with Crippen LogP contribution < -0.4 is 10.6 Å². The van der Waals surface area contributed by atoms with Crippen LogP contribution in [0.25, 0.3) is 0 Å². The summed E-state index contributed by atoms with van der Waals surface area (Å²) in [6.07, 6.45) is 15.4. The molecule has 0 amide bonds. The van der Waals surface area contributed by atoms with Crippen molar-refractivity contribution in [3.05, 3.63) is 183 Å². The molecule has 11 heterocycles. The van der Waals surface area contributed by atoms with Gasteiger partial charge in [0.2, 0.25) is 0 Å². The lowest BCUT2D eigenvalue weighted by molar-refractivity contribution is -0.143. The third-order valence-electron chi connectivity index (χ3n) is 19.1. The first-order valence-electron chi connectivity index (χ1n) is 28.7. The van der Waals surface area contributed by atoms with Crippen molar-refractivity contribution in [2.45, 2.75) is 114 Å². The van der Waals surface area contributed by atoms with Crippen molar-refractivity contribution < 1.29 is 34.0 Å². The van der Waals surface area contributed by atoms with Gasteiger partial charge in [-0.25, -0.2) is 30.0 Å². The van der Waals surface area contributed by atoms with E-state index in [1.807, 2.05) is 39.0 Å². The maximum Gasteiger partial charge on any atom is 0.306 e. The molecule has 11 aliphatic heterocycles. The van der Waals surface area contributed by atoms with Crippen molar-refractivity contribution in [2.24, 2.45) is 59.5 Å². The zero-order chi connectivity index (χ0) is 56.6. The average molecular weight is 1090 g/mol. The number of hydrogen-bond acceptors (Lipinski definition) is 15. The predicted molar refractivity (Wildman–Crippen MR) is 315 cm³/mol. The molecular weight excluding hydrogens is 1020 g/mol. The molecule has 15 heteroatoms.